The van der Waals surface area contributed by atoms with Gasteiger partial charge >= 0.3 is 5.97 Å². The molecular weight excluding hydrogens is 367 g/mol. The highest BCUT2D eigenvalue weighted by Gasteiger charge is 2.62. The molecule has 0 heterocycles. The number of rotatable bonds is 5. The summed E-state index contributed by atoms with van der Waals surface area (Å²) in [7, 11) is 1.28. The van der Waals surface area contributed by atoms with Crippen molar-refractivity contribution in [2.45, 2.75) is 38.8 Å². The normalized spacial score (nSPS) is 23.8. The molecule has 8 heteroatoms. The molecule has 2 rings (SSSR count). The third kappa shape index (κ3) is 3.77. The van der Waals surface area contributed by atoms with Crippen molar-refractivity contribution in [2.75, 3.05) is 19.0 Å². The molecule has 0 aromatic heterocycles. The lowest BCUT2D eigenvalue weighted by Gasteiger charge is -2.57. The summed E-state index contributed by atoms with van der Waals surface area (Å²) in [5.41, 5.74) is 5.53. The van der Waals surface area contributed by atoms with Gasteiger partial charge in [-0.25, -0.2) is 4.79 Å². The van der Waals surface area contributed by atoms with Crippen molar-refractivity contribution in [2.24, 2.45) is 11.1 Å². The van der Waals surface area contributed by atoms with Crippen LogP contribution in [0.3, 0.4) is 0 Å². The van der Waals surface area contributed by atoms with Crippen molar-refractivity contribution >= 4 is 41.6 Å². The van der Waals surface area contributed by atoms with Gasteiger partial charge in [0.2, 0.25) is 5.91 Å². The second-order valence-electron chi connectivity index (χ2n) is 6.48. The second-order valence-corrected chi connectivity index (χ2v) is 6.89. The predicted octanol–water partition coefficient (Wildman–Crippen LogP) is 3.02. The first kappa shape index (κ1) is 21.7. The number of amides is 1. The molecule has 1 aromatic carbocycles. The third-order valence-corrected chi connectivity index (χ3v) is 5.18. The molecule has 1 saturated carbocycles. The maximum Gasteiger partial charge on any atom is 0.339 e. The quantitative estimate of drug-likeness (QED) is 0.753. The van der Waals surface area contributed by atoms with Crippen LogP contribution in [0, 0.1) is 5.41 Å². The molecule has 1 aliphatic rings. The van der Waals surface area contributed by atoms with Gasteiger partial charge in [0.15, 0.2) is 0 Å². The molecule has 0 spiro atoms. The highest BCUT2D eigenvalue weighted by molar-refractivity contribution is 6.34. The van der Waals surface area contributed by atoms with Gasteiger partial charge in [-0.2, -0.15) is 0 Å². The summed E-state index contributed by atoms with van der Waals surface area (Å²) in [5.74, 6) is -0.835. The minimum absolute atomic E-state index is 0. The Hall–Kier alpha value is -1.34. The van der Waals surface area contributed by atoms with Crippen LogP contribution in [0.2, 0.25) is 5.02 Å². The summed E-state index contributed by atoms with van der Waals surface area (Å²) in [4.78, 5) is 24.2. The zero-order valence-corrected chi connectivity index (χ0v) is 16.3. The molecule has 1 aliphatic carbocycles. The van der Waals surface area contributed by atoms with Crippen LogP contribution in [0.25, 0.3) is 0 Å². The monoisotopic (exact) mass is 390 g/mol. The zero-order chi connectivity index (χ0) is 18.1. The van der Waals surface area contributed by atoms with Gasteiger partial charge in [-0.05, 0) is 25.1 Å². The summed E-state index contributed by atoms with van der Waals surface area (Å²) < 4.78 is 10.3. The number of carbonyl (C=O) groups excluding carboxylic acids is 2. The smallest absolute Gasteiger partial charge is 0.339 e. The number of anilines is 1. The van der Waals surface area contributed by atoms with Crippen molar-refractivity contribution in [1.29, 1.82) is 0 Å². The highest BCUT2D eigenvalue weighted by Crippen LogP contribution is 2.50. The van der Waals surface area contributed by atoms with E-state index in [9.17, 15) is 9.59 Å². The molecule has 2 atom stereocenters. The summed E-state index contributed by atoms with van der Waals surface area (Å²) in [6, 6.07) is 4.59. The average molecular weight is 391 g/mol. The Kier molecular flexibility index (Phi) is 6.87. The van der Waals surface area contributed by atoms with E-state index in [0.29, 0.717) is 18.7 Å². The van der Waals surface area contributed by atoms with Crippen molar-refractivity contribution < 1.29 is 19.1 Å². The summed E-state index contributed by atoms with van der Waals surface area (Å²) in [5, 5.41) is 2.97. The van der Waals surface area contributed by atoms with Crippen molar-refractivity contribution in [3.63, 3.8) is 0 Å². The lowest BCUT2D eigenvalue weighted by atomic mass is 9.54. The fourth-order valence-corrected chi connectivity index (χ4v) is 3.19. The molecule has 1 aromatic rings. The average Bonchev–Trinajstić information content (AvgIpc) is 2.53. The Morgan fingerprint density at radius 3 is 2.52 bits per heavy atom. The lowest BCUT2D eigenvalue weighted by Crippen LogP contribution is -2.74. The van der Waals surface area contributed by atoms with E-state index in [1.165, 1.54) is 19.2 Å². The molecule has 0 radical (unpaired) electrons. The van der Waals surface area contributed by atoms with E-state index in [0.717, 1.165) is 0 Å². The van der Waals surface area contributed by atoms with Gasteiger partial charge in [0.05, 0.1) is 23.8 Å². The van der Waals surface area contributed by atoms with Crippen LogP contribution in [0.4, 0.5) is 5.69 Å². The number of benzene rings is 1. The number of hydrogen-bond donors (Lipinski definition) is 2. The minimum atomic E-state index is -1.03. The van der Waals surface area contributed by atoms with Crippen LogP contribution in [-0.4, -0.2) is 37.2 Å². The number of ether oxygens (including phenoxy) is 2. The number of nitrogens with two attached hydrogens (primary N) is 1. The van der Waals surface area contributed by atoms with Crippen molar-refractivity contribution in [3.05, 3.63) is 28.8 Å². The zero-order valence-electron chi connectivity index (χ0n) is 14.7. The SMILES string of the molecule is CCOC1CC(N)(C(=O)Nc2ccc(C(=O)OC)c(Cl)c2)C1(C)C.Cl. The minimum Gasteiger partial charge on any atom is -0.465 e. The molecule has 1 fully saturated rings. The fourth-order valence-electron chi connectivity index (χ4n) is 2.93. The number of carbonyl (C=O) groups is 2. The van der Waals surface area contributed by atoms with Gasteiger partial charge < -0.3 is 20.5 Å². The summed E-state index contributed by atoms with van der Waals surface area (Å²) >= 11 is 6.07. The first-order valence-electron chi connectivity index (χ1n) is 7.77. The van der Waals surface area contributed by atoms with E-state index in [-0.39, 0.29) is 35.0 Å². The molecule has 2 unspecified atom stereocenters. The van der Waals surface area contributed by atoms with Gasteiger partial charge in [-0.15, -0.1) is 12.4 Å². The van der Waals surface area contributed by atoms with Crippen LogP contribution < -0.4 is 11.1 Å². The molecule has 25 heavy (non-hydrogen) atoms. The summed E-state index contributed by atoms with van der Waals surface area (Å²) in [6.45, 7) is 6.33. The Labute approximate surface area is 158 Å². The van der Waals surface area contributed by atoms with Crippen LogP contribution >= 0.6 is 24.0 Å². The molecular formula is C17H24Cl2N2O4. The first-order chi connectivity index (χ1) is 11.2. The van der Waals surface area contributed by atoms with Crippen molar-refractivity contribution in [3.8, 4) is 0 Å². The number of halogens is 2. The molecule has 0 bridgehead atoms. The second kappa shape index (κ2) is 7.91. The number of nitrogens with one attached hydrogen (secondary N) is 1. The number of hydrogen-bond acceptors (Lipinski definition) is 5. The van der Waals surface area contributed by atoms with Gasteiger partial charge in [0.1, 0.15) is 5.54 Å². The van der Waals surface area contributed by atoms with Crippen LogP contribution in [0.1, 0.15) is 37.6 Å². The number of esters is 1. The topological polar surface area (TPSA) is 90.6 Å². The maximum atomic E-state index is 12.6. The molecule has 0 saturated heterocycles. The Bertz CT molecular complexity index is 666. The number of methoxy groups -OCH3 is 1. The van der Waals surface area contributed by atoms with Crippen LogP contribution in [0.5, 0.6) is 0 Å². The van der Waals surface area contributed by atoms with Crippen LogP contribution in [0.15, 0.2) is 18.2 Å². The third-order valence-electron chi connectivity index (χ3n) is 4.87. The molecule has 0 aliphatic heterocycles. The van der Waals surface area contributed by atoms with E-state index >= 15 is 0 Å². The van der Waals surface area contributed by atoms with E-state index < -0.39 is 16.9 Å². The Morgan fingerprint density at radius 2 is 2.04 bits per heavy atom. The Morgan fingerprint density at radius 1 is 1.40 bits per heavy atom. The summed E-state index contributed by atoms with van der Waals surface area (Å²) in [6.07, 6.45) is 0.400. The molecule has 140 valence electrons. The lowest BCUT2D eigenvalue weighted by molar-refractivity contribution is -0.166. The maximum absolute atomic E-state index is 12.6. The van der Waals surface area contributed by atoms with E-state index in [1.54, 1.807) is 6.07 Å². The Balaban J connectivity index is 0.00000312. The van der Waals surface area contributed by atoms with Crippen molar-refractivity contribution in [1.82, 2.24) is 0 Å². The highest BCUT2D eigenvalue weighted by atomic mass is 35.5. The van der Waals surface area contributed by atoms with Gasteiger partial charge in [0, 0.05) is 24.1 Å². The predicted molar refractivity (Wildman–Crippen MR) is 99.4 cm³/mol. The van der Waals surface area contributed by atoms with Gasteiger partial charge in [-0.3, -0.25) is 4.79 Å². The fraction of sp³-hybridized carbons (Fsp3) is 0.529. The van der Waals surface area contributed by atoms with Gasteiger partial charge in [-0.1, -0.05) is 25.4 Å². The largest absolute Gasteiger partial charge is 0.465 e. The van der Waals surface area contributed by atoms with Gasteiger partial charge in [0.25, 0.3) is 0 Å². The van der Waals surface area contributed by atoms with E-state index in [1.807, 2.05) is 20.8 Å². The van der Waals surface area contributed by atoms with E-state index in [4.69, 9.17) is 22.1 Å². The standard InChI is InChI=1S/C17H23ClN2O4.ClH/c1-5-24-13-9-17(19,16(13,2)3)15(22)20-10-6-7-11(12(18)8-10)14(21)23-4;/h6-8,13H,5,9,19H2,1-4H3,(H,20,22);1H. The molecule has 3 N–H and O–H groups in total. The molecule has 1 amide bonds. The van der Waals surface area contributed by atoms with Crippen LogP contribution in [-0.2, 0) is 14.3 Å². The molecule has 6 nitrogen and oxygen atoms in total. The van der Waals surface area contributed by atoms with E-state index in [2.05, 4.69) is 10.1 Å². The first-order valence-corrected chi connectivity index (χ1v) is 8.15.